The van der Waals surface area contributed by atoms with Crippen molar-refractivity contribution < 1.29 is 14.8 Å². The summed E-state index contributed by atoms with van der Waals surface area (Å²) in [6, 6.07) is 0. The van der Waals surface area contributed by atoms with Gasteiger partial charge in [0.2, 0.25) is 11.8 Å². The molecule has 2 amide bonds. The minimum absolute atomic E-state index is 0.0564. The smallest absolute Gasteiger partial charge is 0.235 e. The molecule has 0 aromatic heterocycles. The van der Waals surface area contributed by atoms with Crippen LogP contribution in [-0.2, 0) is 9.59 Å². The van der Waals surface area contributed by atoms with Gasteiger partial charge in [0.1, 0.15) is 5.41 Å². The molecule has 0 aliphatic carbocycles. The molecule has 1 rings (SSSR count). The van der Waals surface area contributed by atoms with E-state index < -0.39 is 5.41 Å². The SMILES string of the molecule is CNC(=O)C1CCCN(C(=O)C(C)(C)C(N)=NO)C1. The Morgan fingerprint density at radius 3 is 2.63 bits per heavy atom. The average molecular weight is 270 g/mol. The van der Waals surface area contributed by atoms with Gasteiger partial charge in [0.15, 0.2) is 5.84 Å². The Morgan fingerprint density at radius 1 is 1.47 bits per heavy atom. The number of nitrogens with zero attached hydrogens (tertiary/aromatic N) is 2. The molecule has 1 unspecified atom stereocenters. The minimum Gasteiger partial charge on any atom is -0.409 e. The Balaban J connectivity index is 2.80. The van der Waals surface area contributed by atoms with Gasteiger partial charge < -0.3 is 21.2 Å². The molecule has 7 heteroatoms. The summed E-state index contributed by atoms with van der Waals surface area (Å²) in [5.41, 5.74) is 4.48. The number of nitrogens with one attached hydrogen (secondary N) is 1. The number of piperidine rings is 1. The summed E-state index contributed by atoms with van der Waals surface area (Å²) in [6.45, 7) is 4.18. The molecule has 108 valence electrons. The summed E-state index contributed by atoms with van der Waals surface area (Å²) in [7, 11) is 1.59. The van der Waals surface area contributed by atoms with Crippen molar-refractivity contribution in [2.24, 2.45) is 22.2 Å². The van der Waals surface area contributed by atoms with Gasteiger partial charge in [-0.3, -0.25) is 9.59 Å². The van der Waals surface area contributed by atoms with Gasteiger partial charge in [0.05, 0.1) is 5.92 Å². The summed E-state index contributed by atoms with van der Waals surface area (Å²) >= 11 is 0. The van der Waals surface area contributed by atoms with E-state index in [2.05, 4.69) is 10.5 Å². The van der Waals surface area contributed by atoms with Crippen LogP contribution in [0.5, 0.6) is 0 Å². The van der Waals surface area contributed by atoms with E-state index in [0.717, 1.165) is 12.8 Å². The van der Waals surface area contributed by atoms with Crippen LogP contribution in [0.15, 0.2) is 5.16 Å². The van der Waals surface area contributed by atoms with Crippen LogP contribution in [0.1, 0.15) is 26.7 Å². The fourth-order valence-corrected chi connectivity index (χ4v) is 2.21. The standard InChI is InChI=1S/C12H22N4O3/c1-12(2,10(13)15-19)11(18)16-6-4-5-8(7-16)9(17)14-3/h8,19H,4-7H2,1-3H3,(H2,13,15)(H,14,17). The van der Waals surface area contributed by atoms with E-state index in [1.807, 2.05) is 0 Å². The summed E-state index contributed by atoms with van der Waals surface area (Å²) in [5, 5.41) is 14.2. The van der Waals surface area contributed by atoms with Crippen molar-refractivity contribution in [3.8, 4) is 0 Å². The van der Waals surface area contributed by atoms with Crippen LogP contribution in [0.2, 0.25) is 0 Å². The highest BCUT2D eigenvalue weighted by molar-refractivity contribution is 6.06. The van der Waals surface area contributed by atoms with Gasteiger partial charge in [-0.15, -0.1) is 0 Å². The predicted octanol–water partition coefficient (Wildman–Crippen LogP) is -0.256. The van der Waals surface area contributed by atoms with Crippen LogP contribution in [0, 0.1) is 11.3 Å². The lowest BCUT2D eigenvalue weighted by molar-refractivity contribution is -0.140. The second-order valence-corrected chi connectivity index (χ2v) is 5.31. The third kappa shape index (κ3) is 3.15. The van der Waals surface area contributed by atoms with Gasteiger partial charge >= 0.3 is 0 Å². The first-order valence-electron chi connectivity index (χ1n) is 6.33. The van der Waals surface area contributed by atoms with Gasteiger partial charge in [-0.25, -0.2) is 0 Å². The quantitative estimate of drug-likeness (QED) is 0.284. The molecule has 0 aromatic rings. The number of amidine groups is 1. The van der Waals surface area contributed by atoms with E-state index in [1.165, 1.54) is 0 Å². The molecular formula is C12H22N4O3. The zero-order valence-corrected chi connectivity index (χ0v) is 11.6. The second-order valence-electron chi connectivity index (χ2n) is 5.31. The number of carbonyl (C=O) groups excluding carboxylic acids is 2. The van der Waals surface area contributed by atoms with Crippen LogP contribution < -0.4 is 11.1 Å². The number of hydrogen-bond donors (Lipinski definition) is 3. The molecule has 0 radical (unpaired) electrons. The molecule has 0 saturated carbocycles. The number of nitrogens with two attached hydrogens (primary N) is 1. The molecule has 1 fully saturated rings. The molecule has 0 spiro atoms. The third-order valence-corrected chi connectivity index (χ3v) is 3.61. The molecule has 0 bridgehead atoms. The Labute approximate surface area is 112 Å². The minimum atomic E-state index is -1.07. The third-order valence-electron chi connectivity index (χ3n) is 3.61. The van der Waals surface area contributed by atoms with E-state index in [4.69, 9.17) is 10.9 Å². The predicted molar refractivity (Wildman–Crippen MR) is 70.6 cm³/mol. The maximum absolute atomic E-state index is 12.4. The number of amides is 2. The van der Waals surface area contributed by atoms with Gasteiger partial charge in [-0.05, 0) is 26.7 Å². The summed E-state index contributed by atoms with van der Waals surface area (Å²) in [4.78, 5) is 25.6. The maximum Gasteiger partial charge on any atom is 0.235 e. The van der Waals surface area contributed by atoms with E-state index >= 15 is 0 Å². The first kappa shape index (κ1) is 15.3. The van der Waals surface area contributed by atoms with Crippen LogP contribution >= 0.6 is 0 Å². The Bertz CT molecular complexity index is 392. The van der Waals surface area contributed by atoms with Crippen molar-refractivity contribution in [3.05, 3.63) is 0 Å². The number of rotatable bonds is 3. The fraction of sp³-hybridized carbons (Fsp3) is 0.750. The van der Waals surface area contributed by atoms with Crippen molar-refractivity contribution in [1.82, 2.24) is 10.2 Å². The lowest BCUT2D eigenvalue weighted by Gasteiger charge is -2.36. The summed E-state index contributed by atoms with van der Waals surface area (Å²) < 4.78 is 0. The lowest BCUT2D eigenvalue weighted by atomic mass is 9.88. The van der Waals surface area contributed by atoms with Crippen LogP contribution in [0.4, 0.5) is 0 Å². The molecule has 1 atom stereocenters. The molecule has 1 aliphatic heterocycles. The normalized spacial score (nSPS) is 21.1. The molecular weight excluding hydrogens is 248 g/mol. The van der Waals surface area contributed by atoms with Crippen LogP contribution in [-0.4, -0.2) is 47.9 Å². The molecule has 1 aliphatic rings. The van der Waals surface area contributed by atoms with Gasteiger partial charge in [0, 0.05) is 20.1 Å². The van der Waals surface area contributed by atoms with Gasteiger partial charge in [0.25, 0.3) is 0 Å². The zero-order valence-electron chi connectivity index (χ0n) is 11.6. The first-order chi connectivity index (χ1) is 8.84. The zero-order chi connectivity index (χ0) is 14.6. The Morgan fingerprint density at radius 2 is 2.11 bits per heavy atom. The van der Waals surface area contributed by atoms with Crippen molar-refractivity contribution in [2.45, 2.75) is 26.7 Å². The fourth-order valence-electron chi connectivity index (χ4n) is 2.21. The second kappa shape index (κ2) is 5.90. The van der Waals surface area contributed by atoms with E-state index in [0.29, 0.717) is 13.1 Å². The Kier molecular flexibility index (Phi) is 4.74. The van der Waals surface area contributed by atoms with E-state index in [-0.39, 0.29) is 23.6 Å². The molecule has 4 N–H and O–H groups in total. The van der Waals surface area contributed by atoms with Crippen LogP contribution in [0.25, 0.3) is 0 Å². The number of hydrogen-bond acceptors (Lipinski definition) is 4. The average Bonchev–Trinajstić information content (AvgIpc) is 2.44. The highest BCUT2D eigenvalue weighted by Crippen LogP contribution is 2.24. The highest BCUT2D eigenvalue weighted by atomic mass is 16.4. The highest BCUT2D eigenvalue weighted by Gasteiger charge is 2.39. The van der Waals surface area contributed by atoms with Gasteiger partial charge in [-0.2, -0.15) is 0 Å². The molecule has 7 nitrogen and oxygen atoms in total. The van der Waals surface area contributed by atoms with Crippen molar-refractivity contribution in [1.29, 1.82) is 0 Å². The summed E-state index contributed by atoms with van der Waals surface area (Å²) in [5.74, 6) is -0.596. The largest absolute Gasteiger partial charge is 0.409 e. The van der Waals surface area contributed by atoms with Crippen molar-refractivity contribution >= 4 is 17.6 Å². The van der Waals surface area contributed by atoms with Crippen molar-refractivity contribution in [3.63, 3.8) is 0 Å². The lowest BCUT2D eigenvalue weighted by Crippen LogP contribution is -2.52. The van der Waals surface area contributed by atoms with Crippen LogP contribution in [0.3, 0.4) is 0 Å². The topological polar surface area (TPSA) is 108 Å². The number of carbonyl (C=O) groups is 2. The monoisotopic (exact) mass is 270 g/mol. The van der Waals surface area contributed by atoms with E-state index in [9.17, 15) is 9.59 Å². The number of likely N-dealkylation sites (tertiary alicyclic amines) is 1. The molecule has 0 aromatic carbocycles. The first-order valence-corrected chi connectivity index (χ1v) is 6.33. The van der Waals surface area contributed by atoms with Gasteiger partial charge in [-0.1, -0.05) is 5.16 Å². The summed E-state index contributed by atoms with van der Waals surface area (Å²) in [6.07, 6.45) is 1.55. The molecule has 1 saturated heterocycles. The maximum atomic E-state index is 12.4. The molecule has 1 heterocycles. The molecule has 19 heavy (non-hydrogen) atoms. The van der Waals surface area contributed by atoms with Crippen molar-refractivity contribution in [2.75, 3.05) is 20.1 Å². The number of oxime groups is 1. The van der Waals surface area contributed by atoms with E-state index in [1.54, 1.807) is 25.8 Å². The Hall–Kier alpha value is -1.79.